The second-order valence-electron chi connectivity index (χ2n) is 4.12. The number of hydrogen-bond donors (Lipinski definition) is 2. The lowest BCUT2D eigenvalue weighted by molar-refractivity contribution is 0.117. The van der Waals surface area contributed by atoms with Crippen LogP contribution in [0.3, 0.4) is 0 Å². The van der Waals surface area contributed by atoms with Crippen LogP contribution in [-0.2, 0) is 11.2 Å². The number of likely N-dealkylation sites (N-methyl/N-ethyl adjacent to an activating group) is 1. The topological polar surface area (TPSA) is 70.0 Å². The summed E-state index contributed by atoms with van der Waals surface area (Å²) in [5.41, 5.74) is 0.707. The first kappa shape index (κ1) is 11.7. The zero-order chi connectivity index (χ0) is 12.4. The Morgan fingerprint density at radius 1 is 1.41 bits per heavy atom. The van der Waals surface area contributed by atoms with Crippen molar-refractivity contribution in [3.8, 4) is 5.75 Å². The fraction of sp³-hybridized carbons (Fsp3) is 0.417. The molecular formula is C12H15NO4. The van der Waals surface area contributed by atoms with E-state index in [1.807, 2.05) is 6.07 Å². The molecule has 1 heterocycles. The highest BCUT2D eigenvalue weighted by molar-refractivity contribution is 5.70. The number of carbonyl (C=O) groups is 1. The third kappa shape index (κ3) is 2.19. The second-order valence-corrected chi connectivity index (χ2v) is 4.12. The van der Waals surface area contributed by atoms with Crippen molar-refractivity contribution in [2.24, 2.45) is 0 Å². The van der Waals surface area contributed by atoms with Crippen LogP contribution >= 0.6 is 0 Å². The van der Waals surface area contributed by atoms with Crippen LogP contribution in [0.1, 0.15) is 5.56 Å². The van der Waals surface area contributed by atoms with E-state index in [1.54, 1.807) is 25.2 Å². The lowest BCUT2D eigenvalue weighted by atomic mass is 10.0. The predicted molar refractivity (Wildman–Crippen MR) is 60.7 cm³/mol. The van der Waals surface area contributed by atoms with Crippen molar-refractivity contribution in [3.05, 3.63) is 29.8 Å². The number of amides is 1. The number of aliphatic hydroxyl groups excluding tert-OH is 1. The van der Waals surface area contributed by atoms with Gasteiger partial charge in [0, 0.05) is 13.5 Å². The maximum atomic E-state index is 11.4. The van der Waals surface area contributed by atoms with Crippen LogP contribution in [0.2, 0.25) is 0 Å². The van der Waals surface area contributed by atoms with Crippen molar-refractivity contribution < 1.29 is 19.7 Å². The van der Waals surface area contributed by atoms with Gasteiger partial charge >= 0.3 is 6.09 Å². The zero-order valence-corrected chi connectivity index (χ0v) is 9.54. The minimum absolute atomic E-state index is 0.152. The Labute approximate surface area is 99.2 Å². The van der Waals surface area contributed by atoms with Crippen LogP contribution in [0.4, 0.5) is 4.79 Å². The van der Waals surface area contributed by atoms with Gasteiger partial charge < -0.3 is 19.8 Å². The molecule has 5 nitrogen and oxygen atoms in total. The highest BCUT2D eigenvalue weighted by Gasteiger charge is 2.39. The lowest BCUT2D eigenvalue weighted by Gasteiger charge is -2.19. The van der Waals surface area contributed by atoms with E-state index in [2.05, 4.69) is 0 Å². The fourth-order valence-corrected chi connectivity index (χ4v) is 1.99. The second kappa shape index (κ2) is 4.63. The normalized spacial score (nSPS) is 23.9. The van der Waals surface area contributed by atoms with Gasteiger partial charge in [-0.1, -0.05) is 18.2 Å². The smallest absolute Gasteiger partial charge is 0.410 e. The molecule has 0 aromatic heterocycles. The van der Waals surface area contributed by atoms with Gasteiger partial charge in [-0.3, -0.25) is 0 Å². The molecule has 1 aliphatic rings. The van der Waals surface area contributed by atoms with E-state index in [4.69, 9.17) is 4.74 Å². The SMILES string of the molecule is CN1C(=O)OC(Cc2ccccc2O)C1CO. The van der Waals surface area contributed by atoms with Gasteiger partial charge in [-0.05, 0) is 11.6 Å². The lowest BCUT2D eigenvalue weighted by Crippen LogP contribution is -2.37. The van der Waals surface area contributed by atoms with Crippen LogP contribution in [0.25, 0.3) is 0 Å². The van der Waals surface area contributed by atoms with E-state index < -0.39 is 12.2 Å². The van der Waals surface area contributed by atoms with Gasteiger partial charge in [0.05, 0.1) is 12.6 Å². The standard InChI is InChI=1S/C12H15NO4/c1-13-9(7-14)11(17-12(13)16)6-8-4-2-3-5-10(8)15/h2-5,9,11,14-15H,6-7H2,1H3. The van der Waals surface area contributed by atoms with Crippen LogP contribution in [-0.4, -0.2) is 47.0 Å². The van der Waals surface area contributed by atoms with Crippen molar-refractivity contribution >= 4 is 6.09 Å². The maximum Gasteiger partial charge on any atom is 0.410 e. The maximum absolute atomic E-state index is 11.4. The molecule has 1 aliphatic heterocycles. The number of carbonyl (C=O) groups excluding carboxylic acids is 1. The van der Waals surface area contributed by atoms with Gasteiger partial charge in [0.25, 0.3) is 0 Å². The first-order chi connectivity index (χ1) is 8.13. The molecule has 0 saturated carbocycles. The number of phenolic OH excluding ortho intramolecular Hbond substituents is 1. The van der Waals surface area contributed by atoms with Gasteiger partial charge in [-0.25, -0.2) is 4.79 Å². The average Bonchev–Trinajstić information content (AvgIpc) is 2.58. The Hall–Kier alpha value is -1.75. The van der Waals surface area contributed by atoms with Gasteiger partial charge in [0.15, 0.2) is 0 Å². The van der Waals surface area contributed by atoms with E-state index in [0.29, 0.717) is 12.0 Å². The molecule has 1 aromatic rings. The number of phenols is 1. The molecule has 1 fully saturated rings. The first-order valence-electron chi connectivity index (χ1n) is 5.44. The van der Waals surface area contributed by atoms with E-state index >= 15 is 0 Å². The van der Waals surface area contributed by atoms with Crippen molar-refractivity contribution in [2.45, 2.75) is 18.6 Å². The van der Waals surface area contributed by atoms with Crippen molar-refractivity contribution in [2.75, 3.05) is 13.7 Å². The zero-order valence-electron chi connectivity index (χ0n) is 9.54. The van der Waals surface area contributed by atoms with Crippen LogP contribution in [0.15, 0.2) is 24.3 Å². The monoisotopic (exact) mass is 237 g/mol. The molecule has 1 saturated heterocycles. The Morgan fingerprint density at radius 2 is 2.12 bits per heavy atom. The summed E-state index contributed by atoms with van der Waals surface area (Å²) < 4.78 is 5.15. The van der Waals surface area contributed by atoms with Crippen molar-refractivity contribution in [1.29, 1.82) is 0 Å². The molecule has 2 unspecified atom stereocenters. The van der Waals surface area contributed by atoms with Crippen molar-refractivity contribution in [1.82, 2.24) is 4.90 Å². The summed E-state index contributed by atoms with van der Waals surface area (Å²) in [5.74, 6) is 0.176. The Morgan fingerprint density at radius 3 is 2.76 bits per heavy atom. The van der Waals surface area contributed by atoms with Gasteiger partial charge in [-0.2, -0.15) is 0 Å². The number of rotatable bonds is 3. The minimum Gasteiger partial charge on any atom is -0.508 e. The molecule has 5 heteroatoms. The molecule has 0 radical (unpaired) electrons. The number of benzene rings is 1. The van der Waals surface area contributed by atoms with Crippen LogP contribution in [0, 0.1) is 0 Å². The van der Waals surface area contributed by atoms with E-state index in [0.717, 1.165) is 0 Å². The average molecular weight is 237 g/mol. The fourth-order valence-electron chi connectivity index (χ4n) is 1.99. The molecule has 2 rings (SSSR count). The van der Waals surface area contributed by atoms with E-state index in [-0.39, 0.29) is 18.4 Å². The summed E-state index contributed by atoms with van der Waals surface area (Å²) >= 11 is 0. The van der Waals surface area contributed by atoms with E-state index in [1.165, 1.54) is 4.90 Å². The highest BCUT2D eigenvalue weighted by Crippen LogP contribution is 2.25. The van der Waals surface area contributed by atoms with Crippen LogP contribution in [0.5, 0.6) is 5.75 Å². The third-order valence-corrected chi connectivity index (χ3v) is 3.07. The summed E-state index contributed by atoms with van der Waals surface area (Å²) in [4.78, 5) is 12.7. The molecule has 1 amide bonds. The van der Waals surface area contributed by atoms with Gasteiger partial charge in [0.1, 0.15) is 11.9 Å². The number of aromatic hydroxyl groups is 1. The molecule has 2 N–H and O–H groups in total. The summed E-state index contributed by atoms with van der Waals surface area (Å²) in [5, 5.41) is 18.9. The number of para-hydroxylation sites is 1. The molecule has 0 aliphatic carbocycles. The Balaban J connectivity index is 2.14. The molecule has 1 aromatic carbocycles. The third-order valence-electron chi connectivity index (χ3n) is 3.07. The quantitative estimate of drug-likeness (QED) is 0.813. The molecule has 0 spiro atoms. The Bertz CT molecular complexity index is 421. The number of aliphatic hydroxyl groups is 1. The number of ether oxygens (including phenoxy) is 1. The molecule has 2 atom stereocenters. The number of hydrogen-bond acceptors (Lipinski definition) is 4. The summed E-state index contributed by atoms with van der Waals surface area (Å²) in [7, 11) is 1.59. The Kier molecular flexibility index (Phi) is 3.19. The minimum atomic E-state index is -0.440. The van der Waals surface area contributed by atoms with E-state index in [9.17, 15) is 15.0 Å². The predicted octanol–water partition coefficient (Wildman–Crippen LogP) is 0.746. The molecule has 17 heavy (non-hydrogen) atoms. The molecule has 92 valence electrons. The first-order valence-corrected chi connectivity index (χ1v) is 5.44. The summed E-state index contributed by atoms with van der Waals surface area (Å²) in [6.45, 7) is -0.152. The summed E-state index contributed by atoms with van der Waals surface area (Å²) in [6, 6.07) is 6.54. The van der Waals surface area contributed by atoms with Gasteiger partial charge in [-0.15, -0.1) is 0 Å². The van der Waals surface area contributed by atoms with Gasteiger partial charge in [0.2, 0.25) is 0 Å². The van der Waals surface area contributed by atoms with Crippen LogP contribution < -0.4 is 0 Å². The largest absolute Gasteiger partial charge is 0.508 e. The molecular weight excluding hydrogens is 222 g/mol. The summed E-state index contributed by atoms with van der Waals surface area (Å²) in [6.07, 6.45) is -0.469. The highest BCUT2D eigenvalue weighted by atomic mass is 16.6. The van der Waals surface area contributed by atoms with Crippen molar-refractivity contribution in [3.63, 3.8) is 0 Å². The molecule has 0 bridgehead atoms. The number of nitrogens with zero attached hydrogens (tertiary/aromatic N) is 1. The number of cyclic esters (lactones) is 1.